The molecule has 2 aromatic rings. The third-order valence-corrected chi connectivity index (χ3v) is 2.66. The second-order valence-electron chi connectivity index (χ2n) is 3.40. The standard InChI is InChI=1S/C12H8BrF2NO/c13-11-2-1-9(6-12(11)15)17-10-4-7(14)3-8(16)5-10/h1-6H,16H2. The lowest BCUT2D eigenvalue weighted by atomic mass is 10.3. The number of halogens is 3. The quantitative estimate of drug-likeness (QED) is 0.847. The molecule has 2 rings (SSSR count). The van der Waals surface area contributed by atoms with Gasteiger partial charge in [0.05, 0.1) is 4.47 Å². The summed E-state index contributed by atoms with van der Waals surface area (Å²) in [5.74, 6) is -0.454. The van der Waals surface area contributed by atoms with Gasteiger partial charge in [-0.1, -0.05) is 0 Å². The topological polar surface area (TPSA) is 35.2 Å². The molecule has 0 fully saturated rings. The highest BCUT2D eigenvalue weighted by Gasteiger charge is 2.04. The van der Waals surface area contributed by atoms with Crippen LogP contribution in [0.25, 0.3) is 0 Å². The average Bonchev–Trinajstić information content (AvgIpc) is 2.22. The maximum absolute atomic E-state index is 13.2. The summed E-state index contributed by atoms with van der Waals surface area (Å²) in [6, 6.07) is 8.08. The zero-order chi connectivity index (χ0) is 12.4. The Morgan fingerprint density at radius 1 is 1.00 bits per heavy atom. The van der Waals surface area contributed by atoms with Gasteiger partial charge in [-0.2, -0.15) is 0 Å². The van der Waals surface area contributed by atoms with E-state index in [4.69, 9.17) is 10.5 Å². The van der Waals surface area contributed by atoms with Crippen molar-refractivity contribution in [2.24, 2.45) is 0 Å². The van der Waals surface area contributed by atoms with Crippen LogP contribution in [-0.4, -0.2) is 0 Å². The molecule has 0 aliphatic carbocycles. The van der Waals surface area contributed by atoms with Crippen molar-refractivity contribution in [1.29, 1.82) is 0 Å². The molecule has 17 heavy (non-hydrogen) atoms. The van der Waals surface area contributed by atoms with E-state index >= 15 is 0 Å². The third-order valence-electron chi connectivity index (χ3n) is 2.02. The van der Waals surface area contributed by atoms with Gasteiger partial charge in [0.15, 0.2) is 0 Å². The van der Waals surface area contributed by atoms with Crippen molar-refractivity contribution in [2.45, 2.75) is 0 Å². The molecule has 2 aromatic carbocycles. The summed E-state index contributed by atoms with van der Waals surface area (Å²) < 4.78 is 31.9. The Morgan fingerprint density at radius 2 is 1.76 bits per heavy atom. The van der Waals surface area contributed by atoms with E-state index in [1.165, 1.54) is 30.3 Å². The molecule has 88 valence electrons. The van der Waals surface area contributed by atoms with Crippen molar-refractivity contribution in [3.8, 4) is 11.5 Å². The van der Waals surface area contributed by atoms with Gasteiger partial charge in [-0.15, -0.1) is 0 Å². The molecule has 5 heteroatoms. The van der Waals surface area contributed by atoms with Crippen molar-refractivity contribution >= 4 is 21.6 Å². The molecule has 0 bridgehead atoms. The number of anilines is 1. The molecule has 0 aliphatic heterocycles. The maximum Gasteiger partial charge on any atom is 0.141 e. The molecular weight excluding hydrogens is 292 g/mol. The first-order valence-electron chi connectivity index (χ1n) is 4.73. The fourth-order valence-electron chi connectivity index (χ4n) is 1.32. The highest BCUT2D eigenvalue weighted by Crippen LogP contribution is 2.27. The van der Waals surface area contributed by atoms with Gasteiger partial charge in [-0.3, -0.25) is 0 Å². The van der Waals surface area contributed by atoms with Crippen LogP contribution >= 0.6 is 15.9 Å². The number of nitrogens with two attached hydrogens (primary N) is 1. The third kappa shape index (κ3) is 2.94. The Labute approximate surface area is 105 Å². The maximum atomic E-state index is 13.2. The van der Waals surface area contributed by atoms with Crippen LogP contribution in [0.2, 0.25) is 0 Å². The van der Waals surface area contributed by atoms with Gasteiger partial charge in [0.1, 0.15) is 23.1 Å². The van der Waals surface area contributed by atoms with Crippen molar-refractivity contribution in [2.75, 3.05) is 5.73 Å². The van der Waals surface area contributed by atoms with Crippen LogP contribution in [0, 0.1) is 11.6 Å². The minimum absolute atomic E-state index is 0.226. The Bertz CT molecular complexity index is 540. The van der Waals surface area contributed by atoms with Gasteiger partial charge in [-0.05, 0) is 34.1 Å². The molecule has 0 heterocycles. The molecule has 0 spiro atoms. The van der Waals surface area contributed by atoms with Crippen LogP contribution in [0.4, 0.5) is 14.5 Å². The van der Waals surface area contributed by atoms with Crippen molar-refractivity contribution < 1.29 is 13.5 Å². The molecule has 2 nitrogen and oxygen atoms in total. The van der Waals surface area contributed by atoms with E-state index < -0.39 is 11.6 Å². The highest BCUT2D eigenvalue weighted by molar-refractivity contribution is 9.10. The lowest BCUT2D eigenvalue weighted by Crippen LogP contribution is -1.90. The first-order valence-corrected chi connectivity index (χ1v) is 5.53. The second kappa shape index (κ2) is 4.71. The highest BCUT2D eigenvalue weighted by atomic mass is 79.9. The number of ether oxygens (including phenoxy) is 1. The SMILES string of the molecule is Nc1cc(F)cc(Oc2ccc(Br)c(F)c2)c1. The van der Waals surface area contributed by atoms with Crippen LogP contribution in [-0.2, 0) is 0 Å². The number of nitrogen functional groups attached to an aromatic ring is 1. The lowest BCUT2D eigenvalue weighted by Gasteiger charge is -2.07. The fraction of sp³-hybridized carbons (Fsp3) is 0. The number of benzene rings is 2. The predicted molar refractivity (Wildman–Crippen MR) is 65.0 cm³/mol. The van der Waals surface area contributed by atoms with E-state index in [-0.39, 0.29) is 17.2 Å². The molecule has 0 amide bonds. The van der Waals surface area contributed by atoms with Crippen LogP contribution in [0.1, 0.15) is 0 Å². The number of rotatable bonds is 2. The average molecular weight is 300 g/mol. The summed E-state index contributed by atoms with van der Waals surface area (Å²) in [6.07, 6.45) is 0. The zero-order valence-electron chi connectivity index (χ0n) is 8.58. The Morgan fingerprint density at radius 3 is 2.41 bits per heavy atom. The Kier molecular flexibility index (Phi) is 3.28. The molecule has 0 aliphatic rings. The van der Waals surface area contributed by atoms with Crippen LogP contribution < -0.4 is 10.5 Å². The first-order chi connectivity index (χ1) is 8.04. The van der Waals surface area contributed by atoms with Crippen LogP contribution in [0.3, 0.4) is 0 Å². The van der Waals surface area contributed by atoms with Gasteiger partial charge in [0.2, 0.25) is 0 Å². The molecule has 0 atom stereocenters. The summed E-state index contributed by atoms with van der Waals surface area (Å²) in [4.78, 5) is 0. The smallest absolute Gasteiger partial charge is 0.141 e. The van der Waals surface area contributed by atoms with E-state index in [1.54, 1.807) is 6.07 Å². The minimum atomic E-state index is -0.502. The summed E-state index contributed by atoms with van der Waals surface area (Å²) in [6.45, 7) is 0. The molecule has 0 unspecified atom stereocenters. The molecular formula is C12H8BrF2NO. The molecule has 0 saturated carbocycles. The molecule has 0 saturated heterocycles. The van der Waals surface area contributed by atoms with Gasteiger partial charge in [0, 0.05) is 23.9 Å². The monoisotopic (exact) mass is 299 g/mol. The fourth-order valence-corrected chi connectivity index (χ4v) is 1.57. The van der Waals surface area contributed by atoms with Crippen LogP contribution in [0.5, 0.6) is 11.5 Å². The van der Waals surface area contributed by atoms with E-state index in [0.717, 1.165) is 0 Å². The summed E-state index contributed by atoms with van der Waals surface area (Å²) in [5, 5.41) is 0. The van der Waals surface area contributed by atoms with E-state index in [2.05, 4.69) is 15.9 Å². The summed E-state index contributed by atoms with van der Waals surface area (Å²) in [7, 11) is 0. The second-order valence-corrected chi connectivity index (χ2v) is 4.25. The number of hydrogen-bond acceptors (Lipinski definition) is 2. The van der Waals surface area contributed by atoms with Gasteiger partial charge in [0.25, 0.3) is 0 Å². The van der Waals surface area contributed by atoms with Gasteiger partial charge >= 0.3 is 0 Å². The van der Waals surface area contributed by atoms with E-state index in [1.807, 2.05) is 0 Å². The van der Waals surface area contributed by atoms with E-state index in [9.17, 15) is 8.78 Å². The summed E-state index contributed by atoms with van der Waals surface area (Å²) in [5.41, 5.74) is 5.71. The normalized spacial score (nSPS) is 10.3. The van der Waals surface area contributed by atoms with Crippen molar-refractivity contribution in [3.63, 3.8) is 0 Å². The minimum Gasteiger partial charge on any atom is -0.457 e. The molecule has 0 aromatic heterocycles. The summed E-state index contributed by atoms with van der Waals surface area (Å²) >= 11 is 3.03. The first kappa shape index (κ1) is 11.9. The molecule has 0 radical (unpaired) electrons. The van der Waals surface area contributed by atoms with Crippen molar-refractivity contribution in [1.82, 2.24) is 0 Å². The molecule has 2 N–H and O–H groups in total. The Hall–Kier alpha value is -1.62. The lowest BCUT2D eigenvalue weighted by molar-refractivity contribution is 0.471. The van der Waals surface area contributed by atoms with Gasteiger partial charge in [-0.25, -0.2) is 8.78 Å². The number of hydrogen-bond donors (Lipinski definition) is 1. The van der Waals surface area contributed by atoms with Crippen LogP contribution in [0.15, 0.2) is 40.9 Å². The Balaban J connectivity index is 2.28. The zero-order valence-corrected chi connectivity index (χ0v) is 10.2. The van der Waals surface area contributed by atoms with Crippen molar-refractivity contribution in [3.05, 3.63) is 52.5 Å². The van der Waals surface area contributed by atoms with E-state index in [0.29, 0.717) is 4.47 Å². The predicted octanol–water partition coefficient (Wildman–Crippen LogP) is 4.10. The largest absolute Gasteiger partial charge is 0.457 e. The van der Waals surface area contributed by atoms with Gasteiger partial charge < -0.3 is 10.5 Å².